The number of methoxy groups -OCH3 is 1. The second-order valence-corrected chi connectivity index (χ2v) is 5.99. The van der Waals surface area contributed by atoms with Crippen molar-refractivity contribution in [2.45, 2.75) is 11.2 Å². The Balaban J connectivity index is 2.13. The van der Waals surface area contributed by atoms with E-state index in [4.69, 9.17) is 4.74 Å². The average molecular weight is 326 g/mol. The van der Waals surface area contributed by atoms with Crippen molar-refractivity contribution in [1.82, 2.24) is 5.32 Å². The van der Waals surface area contributed by atoms with E-state index in [9.17, 15) is 18.8 Å². The van der Waals surface area contributed by atoms with Crippen molar-refractivity contribution in [3.8, 4) is 5.75 Å². The molecule has 22 heavy (non-hydrogen) atoms. The highest BCUT2D eigenvalue weighted by molar-refractivity contribution is 8.15. The number of thioether (sulfide) groups is 1. The maximum Gasteiger partial charge on any atom is 0.411 e. The molecule has 1 unspecified atom stereocenters. The zero-order valence-corrected chi connectivity index (χ0v) is 12.2. The Morgan fingerprint density at radius 1 is 1.50 bits per heavy atom. The van der Waals surface area contributed by atoms with Crippen LogP contribution in [0, 0.1) is 5.82 Å². The summed E-state index contributed by atoms with van der Waals surface area (Å²) < 4.78 is 22.6. The molecule has 1 aromatic carbocycles. The molecule has 2 heterocycles. The van der Waals surface area contributed by atoms with Crippen molar-refractivity contribution in [2.75, 3.05) is 19.0 Å². The Bertz CT molecular complexity index is 695. The van der Waals surface area contributed by atoms with Gasteiger partial charge in [-0.1, -0.05) is 0 Å². The number of hydrogen-bond acceptors (Lipinski definition) is 6. The van der Waals surface area contributed by atoms with E-state index in [0.29, 0.717) is 0 Å². The Hall–Kier alpha value is -2.29. The van der Waals surface area contributed by atoms with Gasteiger partial charge in [-0.05, 0) is 17.8 Å². The summed E-state index contributed by atoms with van der Waals surface area (Å²) in [5.41, 5.74) is 0.271. The Kier molecular flexibility index (Phi) is 3.44. The van der Waals surface area contributed by atoms with Gasteiger partial charge in [-0.2, -0.15) is 0 Å². The molecule has 0 radical (unpaired) electrons. The van der Waals surface area contributed by atoms with Crippen molar-refractivity contribution >= 4 is 34.7 Å². The summed E-state index contributed by atoms with van der Waals surface area (Å²) >= 11 is 0.791. The van der Waals surface area contributed by atoms with Gasteiger partial charge in [0.25, 0.3) is 5.24 Å². The van der Waals surface area contributed by atoms with Gasteiger partial charge in [0, 0.05) is 18.1 Å². The first-order valence-electron chi connectivity index (χ1n) is 6.32. The van der Waals surface area contributed by atoms with Crippen LogP contribution in [-0.4, -0.2) is 31.0 Å². The first-order chi connectivity index (χ1) is 10.5. The first-order valence-corrected chi connectivity index (χ1v) is 7.14. The van der Waals surface area contributed by atoms with Gasteiger partial charge in [0.2, 0.25) is 5.91 Å². The Labute approximate surface area is 128 Å². The Morgan fingerprint density at radius 3 is 2.91 bits per heavy atom. The molecular weight excluding hydrogens is 315 g/mol. The molecule has 2 aliphatic rings. The molecule has 3 amide bonds. The van der Waals surface area contributed by atoms with Gasteiger partial charge >= 0.3 is 6.09 Å². The third kappa shape index (κ3) is 2.17. The number of amides is 3. The molecule has 0 saturated carbocycles. The lowest BCUT2D eigenvalue weighted by molar-refractivity contribution is -0.122. The number of anilines is 1. The molecule has 2 aliphatic heterocycles. The van der Waals surface area contributed by atoms with Crippen molar-refractivity contribution in [2.24, 2.45) is 0 Å². The summed E-state index contributed by atoms with van der Waals surface area (Å²) in [4.78, 5) is 35.1. The van der Waals surface area contributed by atoms with Crippen molar-refractivity contribution in [1.29, 1.82) is 0 Å². The van der Waals surface area contributed by atoms with Crippen LogP contribution in [0.25, 0.3) is 0 Å². The lowest BCUT2D eigenvalue weighted by atomic mass is 9.90. The smallest absolute Gasteiger partial charge is 0.411 e. The minimum atomic E-state index is -1.24. The maximum absolute atomic E-state index is 13.9. The fourth-order valence-corrected chi connectivity index (χ4v) is 3.55. The molecule has 9 heteroatoms. The van der Waals surface area contributed by atoms with Crippen LogP contribution in [0.4, 0.5) is 19.7 Å². The molecule has 0 bridgehead atoms. The number of benzene rings is 1. The van der Waals surface area contributed by atoms with Gasteiger partial charge in [-0.25, -0.2) is 9.18 Å². The number of ether oxygens (including phenoxy) is 2. The minimum absolute atomic E-state index is 0.0497. The molecule has 2 N–H and O–H groups in total. The van der Waals surface area contributed by atoms with E-state index < -0.39 is 27.8 Å². The summed E-state index contributed by atoms with van der Waals surface area (Å²) in [6.07, 6.45) is -0.570. The largest absolute Gasteiger partial charge is 0.491 e. The minimum Gasteiger partial charge on any atom is -0.491 e. The number of fused-ring (bicyclic) bond motifs is 2. The molecule has 116 valence electrons. The molecule has 3 rings (SSSR count). The number of nitrogens with one attached hydrogen (secondary N) is 2. The highest BCUT2D eigenvalue weighted by atomic mass is 32.2. The number of imide groups is 1. The lowest BCUT2D eigenvalue weighted by Gasteiger charge is -2.32. The molecule has 0 aliphatic carbocycles. The summed E-state index contributed by atoms with van der Waals surface area (Å²) in [6.45, 7) is 0.155. The fourth-order valence-electron chi connectivity index (χ4n) is 2.50. The van der Waals surface area contributed by atoms with Gasteiger partial charge in [-0.15, -0.1) is 0 Å². The van der Waals surface area contributed by atoms with E-state index in [1.165, 1.54) is 7.11 Å². The van der Waals surface area contributed by atoms with Crippen LogP contribution >= 0.6 is 11.8 Å². The number of halogens is 1. The molecule has 1 fully saturated rings. The SMILES string of the molecule is COC(=O)Nc1cc(F)cc2c1OCCC21SC(=O)NC1=O. The third-order valence-corrected chi connectivity index (χ3v) is 4.71. The molecule has 7 nitrogen and oxygen atoms in total. The zero-order chi connectivity index (χ0) is 15.9. The van der Waals surface area contributed by atoms with Gasteiger partial charge in [0.15, 0.2) is 0 Å². The highest BCUT2D eigenvalue weighted by Gasteiger charge is 2.53. The average Bonchev–Trinajstić information content (AvgIpc) is 2.75. The maximum atomic E-state index is 13.9. The van der Waals surface area contributed by atoms with E-state index in [-0.39, 0.29) is 30.0 Å². The van der Waals surface area contributed by atoms with E-state index >= 15 is 0 Å². The quantitative estimate of drug-likeness (QED) is 0.819. The van der Waals surface area contributed by atoms with Crippen LogP contribution in [0.15, 0.2) is 12.1 Å². The van der Waals surface area contributed by atoms with Crippen LogP contribution in [0.5, 0.6) is 5.75 Å². The van der Waals surface area contributed by atoms with Gasteiger partial charge in [0.05, 0.1) is 19.4 Å². The summed E-state index contributed by atoms with van der Waals surface area (Å²) in [5.74, 6) is -1.01. The highest BCUT2D eigenvalue weighted by Crippen LogP contribution is 2.52. The van der Waals surface area contributed by atoms with Crippen molar-refractivity contribution in [3.05, 3.63) is 23.5 Å². The second kappa shape index (κ2) is 5.16. The normalized spacial score (nSPS) is 22.8. The van der Waals surface area contributed by atoms with Gasteiger partial charge in [0.1, 0.15) is 16.3 Å². The number of carbonyl (C=O) groups is 3. The fraction of sp³-hybridized carbons (Fsp3) is 0.308. The molecule has 0 aromatic heterocycles. The molecule has 1 aromatic rings. The van der Waals surface area contributed by atoms with E-state index in [0.717, 1.165) is 23.9 Å². The van der Waals surface area contributed by atoms with Crippen LogP contribution in [0.3, 0.4) is 0 Å². The van der Waals surface area contributed by atoms with E-state index in [1.54, 1.807) is 0 Å². The molecular formula is C13H11FN2O5S. The summed E-state index contributed by atoms with van der Waals surface area (Å²) in [6, 6.07) is 2.20. The molecule has 1 saturated heterocycles. The first kappa shape index (κ1) is 14.6. The summed E-state index contributed by atoms with van der Waals surface area (Å²) in [7, 11) is 1.17. The monoisotopic (exact) mass is 326 g/mol. The van der Waals surface area contributed by atoms with Crippen LogP contribution in [0.1, 0.15) is 12.0 Å². The van der Waals surface area contributed by atoms with Gasteiger partial charge < -0.3 is 9.47 Å². The van der Waals surface area contributed by atoms with Crippen molar-refractivity contribution < 1.29 is 28.2 Å². The standard InChI is InChI=1S/C13H11FN2O5S/c1-20-11(18)15-8-5-6(14)4-7-9(8)21-3-2-13(7)10(17)16-12(19)22-13/h4-5H,2-3H2,1H3,(H,15,18)(H,16,17,19). The van der Waals surface area contributed by atoms with Crippen LogP contribution in [-0.2, 0) is 14.3 Å². The number of carbonyl (C=O) groups excluding carboxylic acids is 3. The van der Waals surface area contributed by atoms with Crippen LogP contribution in [0.2, 0.25) is 0 Å². The second-order valence-electron chi connectivity index (χ2n) is 4.72. The van der Waals surface area contributed by atoms with Crippen LogP contribution < -0.4 is 15.4 Å². The lowest BCUT2D eigenvalue weighted by Crippen LogP contribution is -2.39. The third-order valence-electron chi connectivity index (χ3n) is 3.46. The van der Waals surface area contributed by atoms with E-state index in [1.807, 2.05) is 0 Å². The molecule has 1 atom stereocenters. The topological polar surface area (TPSA) is 93.7 Å². The van der Waals surface area contributed by atoms with Crippen molar-refractivity contribution in [3.63, 3.8) is 0 Å². The zero-order valence-electron chi connectivity index (χ0n) is 11.4. The number of rotatable bonds is 1. The predicted octanol–water partition coefficient (Wildman–Crippen LogP) is 1.96. The van der Waals surface area contributed by atoms with E-state index in [2.05, 4.69) is 15.4 Å². The molecule has 1 spiro atoms. The predicted molar refractivity (Wildman–Crippen MR) is 75.3 cm³/mol. The Morgan fingerprint density at radius 2 is 2.27 bits per heavy atom. The number of hydrogen-bond donors (Lipinski definition) is 2. The summed E-state index contributed by atoms with van der Waals surface area (Å²) in [5, 5.41) is 4.05. The van der Waals surface area contributed by atoms with Gasteiger partial charge in [-0.3, -0.25) is 20.2 Å².